The van der Waals surface area contributed by atoms with E-state index in [9.17, 15) is 18.0 Å². The van der Waals surface area contributed by atoms with Crippen LogP contribution in [0.25, 0.3) is 11.0 Å². The number of aryl methyl sites for hydroxylation is 2. The summed E-state index contributed by atoms with van der Waals surface area (Å²) in [5.74, 6) is 0. The second-order valence-electron chi connectivity index (χ2n) is 4.02. The lowest BCUT2D eigenvalue weighted by Gasteiger charge is -2.14. The number of rotatable bonds is 0. The Morgan fingerprint density at radius 3 is 2.35 bits per heavy atom. The smallest absolute Gasteiger partial charge is 0.349 e. The van der Waals surface area contributed by atoms with Crippen LogP contribution in [0.15, 0.2) is 17.1 Å². The Bertz CT molecular complexity index is 649. The van der Waals surface area contributed by atoms with Crippen molar-refractivity contribution in [1.82, 2.24) is 9.13 Å². The van der Waals surface area contributed by atoms with Crippen LogP contribution in [0.5, 0.6) is 0 Å². The molecule has 2 aromatic rings. The molecule has 0 atom stereocenters. The number of fused-ring (bicyclic) bond motifs is 1. The average molecular weight is 244 g/mol. The third-order valence-corrected chi connectivity index (χ3v) is 2.93. The third-order valence-electron chi connectivity index (χ3n) is 2.93. The second kappa shape index (κ2) is 3.38. The maximum absolute atomic E-state index is 13.0. The van der Waals surface area contributed by atoms with E-state index in [1.54, 1.807) is 0 Å². The van der Waals surface area contributed by atoms with Crippen molar-refractivity contribution >= 4 is 11.0 Å². The minimum Gasteiger partial charge on any atom is -0.349 e. The fourth-order valence-electron chi connectivity index (χ4n) is 2.08. The number of hydrogen-bond donors (Lipinski definition) is 0. The van der Waals surface area contributed by atoms with Crippen LogP contribution in [0.3, 0.4) is 0 Å². The Balaban J connectivity index is 3.10. The molecule has 92 valence electrons. The maximum Gasteiger partial charge on any atom is 0.418 e. The Labute approximate surface area is 95.1 Å². The Morgan fingerprint density at radius 1 is 1.24 bits per heavy atom. The Kier molecular flexibility index (Phi) is 2.34. The van der Waals surface area contributed by atoms with E-state index in [0.717, 1.165) is 0 Å². The molecule has 17 heavy (non-hydrogen) atoms. The highest BCUT2D eigenvalue weighted by molar-refractivity contribution is 5.81. The molecule has 0 aliphatic heterocycles. The van der Waals surface area contributed by atoms with Gasteiger partial charge in [0.2, 0.25) is 0 Å². The molecular weight excluding hydrogens is 233 g/mol. The molecule has 0 saturated heterocycles. The number of hydrogen-bond acceptors (Lipinski definition) is 1. The fraction of sp³-hybridized carbons (Fsp3) is 0.364. The number of alkyl halides is 3. The minimum absolute atomic E-state index is 0.0390. The van der Waals surface area contributed by atoms with Gasteiger partial charge >= 0.3 is 6.18 Å². The standard InChI is InChI=1S/C11H11F3N2O/c1-6-8(11(12,13)14)9-7(4-5-15(9)2)16(3)10(6)17/h4-5H,1-3H3. The van der Waals surface area contributed by atoms with Crippen molar-refractivity contribution in [2.24, 2.45) is 14.1 Å². The molecule has 0 bridgehead atoms. The van der Waals surface area contributed by atoms with E-state index in [2.05, 4.69) is 0 Å². The molecule has 0 amide bonds. The van der Waals surface area contributed by atoms with Crippen LogP contribution in [0, 0.1) is 6.92 Å². The summed E-state index contributed by atoms with van der Waals surface area (Å²) in [5, 5.41) is 0. The first kappa shape index (κ1) is 11.8. The quantitative estimate of drug-likeness (QED) is 0.698. The van der Waals surface area contributed by atoms with Crippen LogP contribution in [-0.4, -0.2) is 9.13 Å². The Morgan fingerprint density at radius 2 is 1.82 bits per heavy atom. The van der Waals surface area contributed by atoms with Crippen LogP contribution >= 0.6 is 0 Å². The monoisotopic (exact) mass is 244 g/mol. The summed E-state index contributed by atoms with van der Waals surface area (Å²) in [4.78, 5) is 11.7. The zero-order valence-corrected chi connectivity index (χ0v) is 9.59. The summed E-state index contributed by atoms with van der Waals surface area (Å²) in [7, 11) is 3.00. The molecule has 0 fully saturated rings. The molecule has 0 saturated carbocycles. The lowest BCUT2D eigenvalue weighted by molar-refractivity contribution is -0.137. The van der Waals surface area contributed by atoms with Gasteiger partial charge in [0.05, 0.1) is 16.6 Å². The van der Waals surface area contributed by atoms with E-state index in [0.29, 0.717) is 0 Å². The predicted molar refractivity (Wildman–Crippen MR) is 57.9 cm³/mol. The van der Waals surface area contributed by atoms with E-state index < -0.39 is 17.3 Å². The van der Waals surface area contributed by atoms with E-state index in [4.69, 9.17) is 0 Å². The molecule has 0 N–H and O–H groups in total. The third kappa shape index (κ3) is 1.55. The fourth-order valence-corrected chi connectivity index (χ4v) is 2.08. The first-order valence-corrected chi connectivity index (χ1v) is 4.97. The number of pyridine rings is 1. The van der Waals surface area contributed by atoms with Gasteiger partial charge in [0, 0.05) is 25.9 Å². The molecule has 2 aromatic heterocycles. The summed E-state index contributed by atoms with van der Waals surface area (Å²) in [6.45, 7) is 1.21. The van der Waals surface area contributed by atoms with Gasteiger partial charge in [0.1, 0.15) is 0 Å². The first-order valence-electron chi connectivity index (χ1n) is 4.97. The van der Waals surface area contributed by atoms with Crippen molar-refractivity contribution in [3.63, 3.8) is 0 Å². The average Bonchev–Trinajstić information content (AvgIpc) is 2.56. The predicted octanol–water partition coefficient (Wildman–Crippen LogP) is 2.20. The number of nitrogens with zero attached hydrogens (tertiary/aromatic N) is 2. The maximum atomic E-state index is 13.0. The normalized spacial score (nSPS) is 12.4. The van der Waals surface area contributed by atoms with Gasteiger partial charge in [-0.1, -0.05) is 0 Å². The Hall–Kier alpha value is -1.72. The van der Waals surface area contributed by atoms with Crippen molar-refractivity contribution in [2.75, 3.05) is 0 Å². The highest BCUT2D eigenvalue weighted by atomic mass is 19.4. The van der Waals surface area contributed by atoms with Crippen LogP contribution in [0.2, 0.25) is 0 Å². The molecular formula is C11H11F3N2O. The summed E-state index contributed by atoms with van der Waals surface area (Å²) in [5.41, 5.74) is -1.40. The highest BCUT2D eigenvalue weighted by Gasteiger charge is 2.37. The van der Waals surface area contributed by atoms with Crippen molar-refractivity contribution in [3.8, 4) is 0 Å². The van der Waals surface area contributed by atoms with Gasteiger partial charge in [-0.25, -0.2) is 0 Å². The zero-order valence-electron chi connectivity index (χ0n) is 9.59. The van der Waals surface area contributed by atoms with E-state index in [-0.39, 0.29) is 16.6 Å². The van der Waals surface area contributed by atoms with Gasteiger partial charge in [-0.3, -0.25) is 4.79 Å². The molecule has 0 radical (unpaired) electrons. The highest BCUT2D eigenvalue weighted by Crippen LogP contribution is 2.35. The zero-order chi connectivity index (χ0) is 13.0. The molecule has 2 heterocycles. The largest absolute Gasteiger partial charge is 0.418 e. The van der Waals surface area contributed by atoms with Gasteiger partial charge in [-0.05, 0) is 13.0 Å². The molecule has 0 unspecified atom stereocenters. The topological polar surface area (TPSA) is 26.9 Å². The molecule has 0 aliphatic carbocycles. The van der Waals surface area contributed by atoms with Crippen LogP contribution in [0.4, 0.5) is 13.2 Å². The summed E-state index contributed by atoms with van der Waals surface area (Å²) in [6.07, 6.45) is -3.01. The summed E-state index contributed by atoms with van der Waals surface area (Å²) < 4.78 is 41.6. The minimum atomic E-state index is -4.53. The van der Waals surface area contributed by atoms with Crippen LogP contribution in [-0.2, 0) is 20.3 Å². The van der Waals surface area contributed by atoms with Crippen molar-refractivity contribution < 1.29 is 13.2 Å². The molecule has 0 spiro atoms. The van der Waals surface area contributed by atoms with Gasteiger partial charge in [0.25, 0.3) is 5.56 Å². The summed E-state index contributed by atoms with van der Waals surface area (Å²) >= 11 is 0. The summed E-state index contributed by atoms with van der Waals surface area (Å²) in [6, 6.07) is 1.51. The van der Waals surface area contributed by atoms with E-state index in [1.165, 1.54) is 42.4 Å². The first-order chi connectivity index (χ1) is 7.75. The molecule has 6 heteroatoms. The van der Waals surface area contributed by atoms with Gasteiger partial charge in [0.15, 0.2) is 0 Å². The van der Waals surface area contributed by atoms with Crippen molar-refractivity contribution in [3.05, 3.63) is 33.7 Å². The van der Waals surface area contributed by atoms with Gasteiger partial charge < -0.3 is 9.13 Å². The SMILES string of the molecule is Cc1c(C(F)(F)F)c2c(ccn2C)n(C)c1=O. The number of aromatic nitrogens is 2. The molecule has 0 aliphatic rings. The molecule has 0 aromatic carbocycles. The van der Waals surface area contributed by atoms with Crippen LogP contribution < -0.4 is 5.56 Å². The second-order valence-corrected chi connectivity index (χ2v) is 4.02. The molecule has 2 rings (SSSR count). The van der Waals surface area contributed by atoms with Crippen molar-refractivity contribution in [1.29, 1.82) is 0 Å². The van der Waals surface area contributed by atoms with Crippen molar-refractivity contribution in [2.45, 2.75) is 13.1 Å². The van der Waals surface area contributed by atoms with Gasteiger partial charge in [-0.2, -0.15) is 13.2 Å². The number of halogens is 3. The molecule has 3 nitrogen and oxygen atoms in total. The van der Waals surface area contributed by atoms with E-state index in [1.807, 2.05) is 0 Å². The van der Waals surface area contributed by atoms with Gasteiger partial charge in [-0.15, -0.1) is 0 Å². The lowest BCUT2D eigenvalue weighted by atomic mass is 10.1. The lowest BCUT2D eigenvalue weighted by Crippen LogP contribution is -2.25. The van der Waals surface area contributed by atoms with Crippen LogP contribution in [0.1, 0.15) is 11.1 Å². The van der Waals surface area contributed by atoms with E-state index >= 15 is 0 Å².